The lowest BCUT2D eigenvalue weighted by molar-refractivity contribution is -0.140. The van der Waals surface area contributed by atoms with Crippen molar-refractivity contribution in [2.24, 2.45) is 0 Å². The smallest absolute Gasteiger partial charge is 0.307 e. The highest BCUT2D eigenvalue weighted by Crippen LogP contribution is 2.11. The molecule has 0 atom stereocenters. The van der Waals surface area contributed by atoms with E-state index in [0.717, 1.165) is 0 Å². The molecule has 0 unspecified atom stereocenters. The van der Waals surface area contributed by atoms with E-state index in [1.165, 1.54) is 7.11 Å². The van der Waals surface area contributed by atoms with Crippen LogP contribution in [0.15, 0.2) is 6.07 Å². The molecule has 110 valence electrons. The van der Waals surface area contributed by atoms with Gasteiger partial charge in [0.15, 0.2) is 0 Å². The summed E-state index contributed by atoms with van der Waals surface area (Å²) in [6.45, 7) is 6.48. The van der Waals surface area contributed by atoms with Gasteiger partial charge in [-0.2, -0.15) is 10.2 Å². The molecule has 0 fully saturated rings. The highest BCUT2D eigenvalue weighted by Gasteiger charge is 2.19. The summed E-state index contributed by atoms with van der Waals surface area (Å²) in [6.07, 6.45) is 0.831. The minimum atomic E-state index is -0.323. The van der Waals surface area contributed by atoms with Gasteiger partial charge in [-0.3, -0.25) is 9.59 Å². The molecule has 6 heteroatoms. The number of hydrogen-bond acceptors (Lipinski definition) is 5. The van der Waals surface area contributed by atoms with Crippen molar-refractivity contribution in [1.82, 2.24) is 15.1 Å². The number of amides is 1. The van der Waals surface area contributed by atoms with Crippen LogP contribution >= 0.6 is 0 Å². The van der Waals surface area contributed by atoms with Crippen molar-refractivity contribution in [3.8, 4) is 0 Å². The number of rotatable bonds is 6. The molecule has 0 saturated carbocycles. The highest BCUT2D eigenvalue weighted by molar-refractivity contribution is 5.95. The molecule has 0 bridgehead atoms. The van der Waals surface area contributed by atoms with Crippen LogP contribution in [0.5, 0.6) is 0 Å². The Labute approximate surface area is 119 Å². The zero-order valence-corrected chi connectivity index (χ0v) is 12.5. The Kier molecular flexibility index (Phi) is 6.09. The van der Waals surface area contributed by atoms with Crippen molar-refractivity contribution in [3.05, 3.63) is 23.0 Å². The third-order valence-corrected chi connectivity index (χ3v) is 3.04. The third kappa shape index (κ3) is 4.01. The summed E-state index contributed by atoms with van der Waals surface area (Å²) < 4.78 is 4.60. The number of carbonyl (C=O) groups is 2. The van der Waals surface area contributed by atoms with Gasteiger partial charge in [0.2, 0.25) is 0 Å². The summed E-state index contributed by atoms with van der Waals surface area (Å²) in [5, 5.41) is 8.03. The molecular formula is C14H21N3O3. The van der Waals surface area contributed by atoms with E-state index < -0.39 is 0 Å². The summed E-state index contributed by atoms with van der Waals surface area (Å²) in [4.78, 5) is 25.3. The summed E-state index contributed by atoms with van der Waals surface area (Å²) >= 11 is 0. The second-order valence-electron chi connectivity index (χ2n) is 4.41. The molecule has 0 N–H and O–H groups in total. The van der Waals surface area contributed by atoms with E-state index in [0.29, 0.717) is 36.5 Å². The molecule has 1 amide bonds. The summed E-state index contributed by atoms with van der Waals surface area (Å²) in [7, 11) is 1.34. The van der Waals surface area contributed by atoms with E-state index in [1.54, 1.807) is 17.9 Å². The number of aromatic nitrogens is 2. The average molecular weight is 279 g/mol. The molecule has 0 radical (unpaired) electrons. The van der Waals surface area contributed by atoms with E-state index in [2.05, 4.69) is 14.9 Å². The predicted molar refractivity (Wildman–Crippen MR) is 74.4 cm³/mol. The molecule has 1 aromatic rings. The number of carbonyl (C=O) groups excluding carboxylic acids is 2. The molecular weight excluding hydrogens is 258 g/mol. The Morgan fingerprint density at radius 2 is 2.00 bits per heavy atom. The number of aryl methyl sites for hydroxylation is 2. The molecule has 1 aromatic heterocycles. The first-order chi connectivity index (χ1) is 9.53. The monoisotopic (exact) mass is 279 g/mol. The van der Waals surface area contributed by atoms with Gasteiger partial charge in [-0.1, -0.05) is 6.92 Å². The van der Waals surface area contributed by atoms with Gasteiger partial charge in [-0.05, 0) is 26.3 Å². The Morgan fingerprint density at radius 1 is 1.30 bits per heavy atom. The number of methoxy groups -OCH3 is 1. The highest BCUT2D eigenvalue weighted by atomic mass is 16.5. The van der Waals surface area contributed by atoms with Crippen molar-refractivity contribution in [2.75, 3.05) is 20.2 Å². The van der Waals surface area contributed by atoms with Crippen LogP contribution in [-0.2, 0) is 16.0 Å². The van der Waals surface area contributed by atoms with Gasteiger partial charge < -0.3 is 9.64 Å². The quantitative estimate of drug-likeness (QED) is 0.735. The zero-order chi connectivity index (χ0) is 15.1. The minimum absolute atomic E-state index is 0.119. The summed E-state index contributed by atoms with van der Waals surface area (Å²) in [5.41, 5.74) is 1.94. The van der Waals surface area contributed by atoms with Crippen LogP contribution in [0.4, 0.5) is 0 Å². The number of hydrogen-bond donors (Lipinski definition) is 0. The molecule has 0 spiro atoms. The first-order valence-electron chi connectivity index (χ1n) is 6.72. The van der Waals surface area contributed by atoms with Crippen LogP contribution in [0, 0.1) is 6.92 Å². The second-order valence-corrected chi connectivity index (χ2v) is 4.41. The van der Waals surface area contributed by atoms with Gasteiger partial charge in [0.05, 0.1) is 30.5 Å². The van der Waals surface area contributed by atoms with E-state index in [-0.39, 0.29) is 18.3 Å². The molecule has 0 aliphatic heterocycles. The van der Waals surface area contributed by atoms with Gasteiger partial charge >= 0.3 is 5.97 Å². The van der Waals surface area contributed by atoms with Crippen LogP contribution in [-0.4, -0.2) is 47.2 Å². The number of ether oxygens (including phenoxy) is 1. The SMILES string of the molecule is CCc1nnc(C)cc1C(=O)N(CC)CCC(=O)OC. The fraction of sp³-hybridized carbons (Fsp3) is 0.571. The Bertz CT molecular complexity index is 489. The first kappa shape index (κ1) is 16.1. The molecule has 0 aliphatic carbocycles. The lowest BCUT2D eigenvalue weighted by Gasteiger charge is -2.21. The number of nitrogens with zero attached hydrogens (tertiary/aromatic N) is 3. The van der Waals surface area contributed by atoms with E-state index in [9.17, 15) is 9.59 Å². The molecule has 1 heterocycles. The molecule has 6 nitrogen and oxygen atoms in total. The zero-order valence-electron chi connectivity index (χ0n) is 12.5. The van der Waals surface area contributed by atoms with Crippen LogP contribution < -0.4 is 0 Å². The molecule has 1 rings (SSSR count). The normalized spacial score (nSPS) is 10.2. The number of esters is 1. The van der Waals surface area contributed by atoms with Gasteiger partial charge in [-0.25, -0.2) is 0 Å². The molecule has 20 heavy (non-hydrogen) atoms. The largest absolute Gasteiger partial charge is 0.469 e. The van der Waals surface area contributed by atoms with Gasteiger partial charge in [0, 0.05) is 13.1 Å². The Morgan fingerprint density at radius 3 is 2.55 bits per heavy atom. The summed E-state index contributed by atoms with van der Waals surface area (Å²) in [6, 6.07) is 1.75. The molecule has 0 aromatic carbocycles. The van der Waals surface area contributed by atoms with Crippen LogP contribution in [0.25, 0.3) is 0 Å². The molecule has 0 saturated heterocycles. The van der Waals surface area contributed by atoms with Crippen LogP contribution in [0.2, 0.25) is 0 Å². The lowest BCUT2D eigenvalue weighted by Crippen LogP contribution is -2.34. The topological polar surface area (TPSA) is 72.4 Å². The first-order valence-corrected chi connectivity index (χ1v) is 6.72. The maximum atomic E-state index is 12.5. The van der Waals surface area contributed by atoms with Crippen molar-refractivity contribution >= 4 is 11.9 Å². The maximum Gasteiger partial charge on any atom is 0.307 e. The van der Waals surface area contributed by atoms with Crippen LogP contribution in [0.3, 0.4) is 0 Å². The van der Waals surface area contributed by atoms with E-state index >= 15 is 0 Å². The van der Waals surface area contributed by atoms with Crippen molar-refractivity contribution in [1.29, 1.82) is 0 Å². The van der Waals surface area contributed by atoms with E-state index in [1.807, 2.05) is 13.8 Å². The maximum absolute atomic E-state index is 12.5. The lowest BCUT2D eigenvalue weighted by atomic mass is 10.1. The van der Waals surface area contributed by atoms with Gasteiger partial charge in [0.25, 0.3) is 5.91 Å². The fourth-order valence-corrected chi connectivity index (χ4v) is 1.86. The van der Waals surface area contributed by atoms with Gasteiger partial charge in [0.1, 0.15) is 0 Å². The Balaban J connectivity index is 2.90. The second kappa shape index (κ2) is 7.57. The Hall–Kier alpha value is -1.98. The minimum Gasteiger partial charge on any atom is -0.469 e. The van der Waals surface area contributed by atoms with Crippen LogP contribution in [0.1, 0.15) is 42.0 Å². The predicted octanol–water partition coefficient (Wildman–Crippen LogP) is 1.37. The van der Waals surface area contributed by atoms with Crippen molar-refractivity contribution in [3.63, 3.8) is 0 Å². The van der Waals surface area contributed by atoms with Gasteiger partial charge in [-0.15, -0.1) is 0 Å². The third-order valence-electron chi connectivity index (χ3n) is 3.04. The van der Waals surface area contributed by atoms with E-state index in [4.69, 9.17) is 0 Å². The fourth-order valence-electron chi connectivity index (χ4n) is 1.86. The standard InChI is InChI=1S/C14H21N3O3/c1-5-12-11(9-10(3)15-16-12)14(19)17(6-2)8-7-13(18)20-4/h9H,5-8H2,1-4H3. The molecule has 0 aliphatic rings. The van der Waals surface area contributed by atoms with Crippen molar-refractivity contribution < 1.29 is 14.3 Å². The average Bonchev–Trinajstić information content (AvgIpc) is 2.47. The summed E-state index contributed by atoms with van der Waals surface area (Å²) in [5.74, 6) is -0.442. The van der Waals surface area contributed by atoms with Crippen molar-refractivity contribution in [2.45, 2.75) is 33.6 Å².